The smallest absolute Gasteiger partial charge is 0.323 e. The molecule has 0 unspecified atom stereocenters. The van der Waals surface area contributed by atoms with Crippen LogP contribution in [0.4, 0.5) is 0 Å². The Hall–Kier alpha value is -1.07. The van der Waals surface area contributed by atoms with Gasteiger partial charge in [0.15, 0.2) is 0 Å². The van der Waals surface area contributed by atoms with Gasteiger partial charge < -0.3 is 5.11 Å². The molecule has 1 N–H and O–H groups in total. The number of carbonyl (C=O) groups is 1. The van der Waals surface area contributed by atoms with E-state index in [1.807, 2.05) is 18.5 Å². The minimum absolute atomic E-state index is 0.451. The molecular weight excluding hydrogens is 254 g/mol. The lowest BCUT2D eigenvalue weighted by Gasteiger charge is -2.31. The maximum atomic E-state index is 11.2. The lowest BCUT2D eigenvalue weighted by atomic mass is 10.0. The van der Waals surface area contributed by atoms with Gasteiger partial charge in [0, 0.05) is 13.1 Å². The number of likely N-dealkylation sites (N-methyl/N-ethyl adjacent to an activating group) is 1. The number of nitrogens with zero attached hydrogens (tertiary/aromatic N) is 3. The van der Waals surface area contributed by atoms with E-state index in [9.17, 15) is 9.90 Å². The van der Waals surface area contributed by atoms with Crippen LogP contribution in [0.3, 0.4) is 0 Å². The van der Waals surface area contributed by atoms with E-state index in [0.717, 1.165) is 11.4 Å². The first-order valence-corrected chi connectivity index (χ1v) is 6.26. The van der Waals surface area contributed by atoms with Crippen molar-refractivity contribution in [2.24, 2.45) is 0 Å². The molecule has 0 saturated heterocycles. The summed E-state index contributed by atoms with van der Waals surface area (Å²) >= 11 is 6.21. The van der Waals surface area contributed by atoms with Gasteiger partial charge in [-0.15, -0.1) is 0 Å². The minimum atomic E-state index is -0.944. The summed E-state index contributed by atoms with van der Waals surface area (Å²) in [6.07, 6.45) is 0. The molecule has 0 saturated carbocycles. The van der Waals surface area contributed by atoms with Crippen molar-refractivity contribution in [1.82, 2.24) is 14.7 Å². The second kappa shape index (κ2) is 5.28. The predicted molar refractivity (Wildman–Crippen MR) is 70.8 cm³/mol. The van der Waals surface area contributed by atoms with E-state index in [1.165, 1.54) is 0 Å². The fourth-order valence-electron chi connectivity index (χ4n) is 1.61. The Labute approximate surface area is 112 Å². The van der Waals surface area contributed by atoms with Crippen molar-refractivity contribution < 1.29 is 9.90 Å². The zero-order chi connectivity index (χ0) is 14.1. The zero-order valence-electron chi connectivity index (χ0n) is 11.5. The van der Waals surface area contributed by atoms with Crippen molar-refractivity contribution in [2.75, 3.05) is 7.05 Å². The van der Waals surface area contributed by atoms with Crippen LogP contribution in [0.1, 0.15) is 32.2 Å². The third-order valence-electron chi connectivity index (χ3n) is 3.32. The van der Waals surface area contributed by atoms with Crippen molar-refractivity contribution in [3.63, 3.8) is 0 Å². The van der Waals surface area contributed by atoms with Crippen LogP contribution < -0.4 is 0 Å². The number of aliphatic carboxylic acids is 1. The van der Waals surface area contributed by atoms with Gasteiger partial charge in [0.1, 0.15) is 5.54 Å². The van der Waals surface area contributed by atoms with E-state index >= 15 is 0 Å². The molecule has 0 spiro atoms. The monoisotopic (exact) mass is 273 g/mol. The molecular formula is C12H20ClN3O2. The van der Waals surface area contributed by atoms with E-state index in [2.05, 4.69) is 5.10 Å². The van der Waals surface area contributed by atoms with Gasteiger partial charge in [-0.3, -0.25) is 14.4 Å². The van der Waals surface area contributed by atoms with Crippen LogP contribution in [0.2, 0.25) is 5.02 Å². The molecule has 1 aromatic heterocycles. The molecule has 6 heteroatoms. The van der Waals surface area contributed by atoms with Crippen LogP contribution >= 0.6 is 11.6 Å². The highest BCUT2D eigenvalue weighted by Gasteiger charge is 2.33. The van der Waals surface area contributed by atoms with Crippen molar-refractivity contribution >= 4 is 17.6 Å². The summed E-state index contributed by atoms with van der Waals surface area (Å²) in [5, 5.41) is 14.1. The fraction of sp³-hybridized carbons (Fsp3) is 0.667. The average Bonchev–Trinajstić information content (AvgIpc) is 2.56. The van der Waals surface area contributed by atoms with E-state index in [0.29, 0.717) is 18.1 Å². The molecule has 0 bridgehead atoms. The van der Waals surface area contributed by atoms with Gasteiger partial charge in [-0.25, -0.2) is 0 Å². The van der Waals surface area contributed by atoms with Crippen molar-refractivity contribution in [1.29, 1.82) is 0 Å². The quantitative estimate of drug-likeness (QED) is 0.893. The van der Waals surface area contributed by atoms with Gasteiger partial charge in [-0.2, -0.15) is 5.10 Å². The Kier molecular flexibility index (Phi) is 4.40. The van der Waals surface area contributed by atoms with E-state index in [4.69, 9.17) is 11.6 Å². The van der Waals surface area contributed by atoms with Crippen LogP contribution in [0.25, 0.3) is 0 Å². The molecule has 0 amide bonds. The SMILES string of the molecule is CCn1nc(C)c(Cl)c1CN(C)C(C)(C)C(=O)O. The highest BCUT2D eigenvalue weighted by molar-refractivity contribution is 6.31. The third kappa shape index (κ3) is 2.67. The van der Waals surface area contributed by atoms with Crippen molar-refractivity contribution in [3.8, 4) is 0 Å². The largest absolute Gasteiger partial charge is 0.480 e. The summed E-state index contributed by atoms with van der Waals surface area (Å²) < 4.78 is 1.81. The van der Waals surface area contributed by atoms with E-state index in [-0.39, 0.29) is 0 Å². The first kappa shape index (κ1) is 15.0. The summed E-state index contributed by atoms with van der Waals surface area (Å²) in [6, 6.07) is 0. The Balaban J connectivity index is 3.01. The molecule has 0 radical (unpaired) electrons. The third-order valence-corrected chi connectivity index (χ3v) is 3.81. The molecule has 0 aromatic carbocycles. The Morgan fingerprint density at radius 1 is 1.56 bits per heavy atom. The maximum absolute atomic E-state index is 11.2. The van der Waals surface area contributed by atoms with Gasteiger partial charge in [0.05, 0.1) is 16.4 Å². The number of hydrogen-bond acceptors (Lipinski definition) is 3. The Morgan fingerprint density at radius 2 is 2.11 bits per heavy atom. The topological polar surface area (TPSA) is 58.4 Å². The van der Waals surface area contributed by atoms with Crippen LogP contribution in [-0.4, -0.2) is 38.3 Å². The number of rotatable bonds is 5. The van der Waals surface area contributed by atoms with Crippen LogP contribution in [0.15, 0.2) is 0 Å². The standard InChI is InChI=1S/C12H20ClN3O2/c1-6-16-9(10(13)8(2)14-16)7-15(5)12(3,4)11(17)18/h6-7H2,1-5H3,(H,17,18). The molecule has 0 aliphatic heterocycles. The normalized spacial score (nSPS) is 12.2. The number of aryl methyl sites for hydroxylation is 2. The summed E-state index contributed by atoms with van der Waals surface area (Å²) in [4.78, 5) is 13.0. The number of carboxylic acid groups (broad SMARTS) is 1. The van der Waals surface area contributed by atoms with Crippen LogP contribution in [-0.2, 0) is 17.9 Å². The minimum Gasteiger partial charge on any atom is -0.480 e. The first-order chi connectivity index (χ1) is 8.21. The van der Waals surface area contributed by atoms with Crippen molar-refractivity contribution in [3.05, 3.63) is 16.4 Å². The summed E-state index contributed by atoms with van der Waals surface area (Å²) in [5.41, 5.74) is 0.684. The van der Waals surface area contributed by atoms with Crippen LogP contribution in [0, 0.1) is 6.92 Å². The second-order valence-corrected chi connectivity index (χ2v) is 5.26. The summed E-state index contributed by atoms with van der Waals surface area (Å²) in [7, 11) is 1.77. The van der Waals surface area contributed by atoms with Gasteiger partial charge in [-0.05, 0) is 34.7 Å². The van der Waals surface area contributed by atoms with E-state index in [1.54, 1.807) is 25.8 Å². The number of carboxylic acids is 1. The lowest BCUT2D eigenvalue weighted by molar-refractivity contribution is -0.148. The van der Waals surface area contributed by atoms with Gasteiger partial charge in [-0.1, -0.05) is 11.6 Å². The van der Waals surface area contributed by atoms with Gasteiger partial charge >= 0.3 is 5.97 Å². The number of aromatic nitrogens is 2. The number of halogens is 1. The van der Waals surface area contributed by atoms with Crippen LogP contribution in [0.5, 0.6) is 0 Å². The Bertz CT molecular complexity index is 454. The maximum Gasteiger partial charge on any atom is 0.323 e. The van der Waals surface area contributed by atoms with Crippen molar-refractivity contribution in [2.45, 2.75) is 46.3 Å². The van der Waals surface area contributed by atoms with E-state index < -0.39 is 11.5 Å². The molecule has 0 fully saturated rings. The molecule has 1 aromatic rings. The molecule has 0 aliphatic rings. The summed E-state index contributed by atoms with van der Waals surface area (Å²) in [6.45, 7) is 8.33. The molecule has 5 nitrogen and oxygen atoms in total. The fourth-order valence-corrected chi connectivity index (χ4v) is 1.80. The zero-order valence-corrected chi connectivity index (χ0v) is 12.2. The Morgan fingerprint density at radius 3 is 2.56 bits per heavy atom. The lowest BCUT2D eigenvalue weighted by Crippen LogP contribution is -2.47. The summed E-state index contributed by atoms with van der Waals surface area (Å²) in [5.74, 6) is -0.861. The molecule has 1 heterocycles. The first-order valence-electron chi connectivity index (χ1n) is 5.88. The second-order valence-electron chi connectivity index (χ2n) is 4.88. The molecule has 1 rings (SSSR count). The molecule has 0 aliphatic carbocycles. The average molecular weight is 274 g/mol. The molecule has 102 valence electrons. The van der Waals surface area contributed by atoms with Gasteiger partial charge in [0.2, 0.25) is 0 Å². The highest BCUT2D eigenvalue weighted by Crippen LogP contribution is 2.24. The number of hydrogen-bond donors (Lipinski definition) is 1. The molecule has 18 heavy (non-hydrogen) atoms. The molecule has 0 atom stereocenters. The predicted octanol–water partition coefficient (Wildman–Crippen LogP) is 2.16. The van der Waals surface area contributed by atoms with Gasteiger partial charge in [0.25, 0.3) is 0 Å². The highest BCUT2D eigenvalue weighted by atomic mass is 35.5.